The monoisotopic (exact) mass is 219 g/mol. The Hall–Kier alpha value is -1.02. The van der Waals surface area contributed by atoms with E-state index in [1.165, 1.54) is 17.5 Å². The zero-order chi connectivity index (χ0) is 11.5. The summed E-state index contributed by atoms with van der Waals surface area (Å²) in [5.41, 5.74) is 2.74. The summed E-state index contributed by atoms with van der Waals surface area (Å²) in [5.74, 6) is 1.59. The van der Waals surface area contributed by atoms with Crippen LogP contribution in [0.15, 0.2) is 18.2 Å². The van der Waals surface area contributed by atoms with Gasteiger partial charge in [0.05, 0.1) is 6.61 Å². The van der Waals surface area contributed by atoms with Crippen LogP contribution in [0.25, 0.3) is 0 Å². The van der Waals surface area contributed by atoms with Gasteiger partial charge in [-0.2, -0.15) is 0 Å². The summed E-state index contributed by atoms with van der Waals surface area (Å²) >= 11 is 0. The van der Waals surface area contributed by atoms with Crippen LogP contribution in [0.1, 0.15) is 37.4 Å². The molecule has 0 spiro atoms. The SMILES string of the molecule is CCCc1ccc2c(c1)C(NC)C(C)CO2. The lowest BCUT2D eigenvalue weighted by atomic mass is 9.90. The third-order valence-electron chi connectivity index (χ3n) is 3.33. The number of aryl methyl sites for hydroxylation is 1. The van der Waals surface area contributed by atoms with Crippen LogP contribution in [0.2, 0.25) is 0 Å². The second kappa shape index (κ2) is 4.88. The molecule has 0 saturated heterocycles. The number of rotatable bonds is 3. The number of benzene rings is 1. The Bertz CT molecular complexity index is 362. The Morgan fingerprint density at radius 1 is 1.44 bits per heavy atom. The molecule has 0 aromatic heterocycles. The van der Waals surface area contributed by atoms with Crippen molar-refractivity contribution in [2.24, 2.45) is 5.92 Å². The summed E-state index contributed by atoms with van der Waals surface area (Å²) in [4.78, 5) is 0. The van der Waals surface area contributed by atoms with Gasteiger partial charge in [-0.15, -0.1) is 0 Å². The maximum atomic E-state index is 5.76. The second-order valence-electron chi connectivity index (χ2n) is 4.68. The molecule has 16 heavy (non-hydrogen) atoms. The molecular weight excluding hydrogens is 198 g/mol. The lowest BCUT2D eigenvalue weighted by molar-refractivity contribution is 0.193. The molecular formula is C14H21NO. The molecule has 2 nitrogen and oxygen atoms in total. The van der Waals surface area contributed by atoms with Gasteiger partial charge in [-0.3, -0.25) is 0 Å². The molecule has 0 saturated carbocycles. The minimum absolute atomic E-state index is 0.431. The van der Waals surface area contributed by atoms with Gasteiger partial charge >= 0.3 is 0 Å². The van der Waals surface area contributed by atoms with E-state index in [9.17, 15) is 0 Å². The van der Waals surface area contributed by atoms with Gasteiger partial charge in [0.2, 0.25) is 0 Å². The highest BCUT2D eigenvalue weighted by Gasteiger charge is 2.26. The third-order valence-corrected chi connectivity index (χ3v) is 3.33. The summed E-state index contributed by atoms with van der Waals surface area (Å²) in [7, 11) is 2.03. The van der Waals surface area contributed by atoms with E-state index in [-0.39, 0.29) is 0 Å². The molecule has 2 atom stereocenters. The van der Waals surface area contributed by atoms with Crippen LogP contribution in [0.4, 0.5) is 0 Å². The lowest BCUT2D eigenvalue weighted by Crippen LogP contribution is -2.31. The van der Waals surface area contributed by atoms with Crippen LogP contribution in [-0.4, -0.2) is 13.7 Å². The summed E-state index contributed by atoms with van der Waals surface area (Å²) in [6.45, 7) is 5.26. The maximum absolute atomic E-state index is 5.76. The van der Waals surface area contributed by atoms with Crippen molar-refractivity contribution < 1.29 is 4.74 Å². The Balaban J connectivity index is 2.34. The zero-order valence-corrected chi connectivity index (χ0v) is 10.4. The minimum atomic E-state index is 0.431. The summed E-state index contributed by atoms with van der Waals surface area (Å²) < 4.78 is 5.76. The van der Waals surface area contributed by atoms with Crippen molar-refractivity contribution in [2.75, 3.05) is 13.7 Å². The molecule has 0 amide bonds. The first-order valence-corrected chi connectivity index (χ1v) is 6.19. The average Bonchev–Trinajstić information content (AvgIpc) is 2.29. The van der Waals surface area contributed by atoms with Crippen molar-refractivity contribution in [2.45, 2.75) is 32.7 Å². The van der Waals surface area contributed by atoms with Crippen molar-refractivity contribution in [1.29, 1.82) is 0 Å². The highest BCUT2D eigenvalue weighted by Crippen LogP contribution is 2.35. The number of ether oxygens (including phenoxy) is 1. The van der Waals surface area contributed by atoms with E-state index in [0.717, 1.165) is 18.8 Å². The second-order valence-corrected chi connectivity index (χ2v) is 4.68. The fourth-order valence-electron chi connectivity index (χ4n) is 2.48. The van der Waals surface area contributed by atoms with Gasteiger partial charge in [-0.05, 0) is 25.1 Å². The van der Waals surface area contributed by atoms with E-state index in [0.29, 0.717) is 12.0 Å². The van der Waals surface area contributed by atoms with Gasteiger partial charge in [-0.25, -0.2) is 0 Å². The molecule has 0 fully saturated rings. The molecule has 0 bridgehead atoms. The predicted molar refractivity (Wildman–Crippen MR) is 66.9 cm³/mol. The van der Waals surface area contributed by atoms with E-state index in [1.54, 1.807) is 0 Å². The summed E-state index contributed by atoms with van der Waals surface area (Å²) in [6, 6.07) is 7.04. The van der Waals surface area contributed by atoms with Crippen LogP contribution in [0.3, 0.4) is 0 Å². The third kappa shape index (κ3) is 2.07. The molecule has 2 unspecified atom stereocenters. The summed E-state index contributed by atoms with van der Waals surface area (Å²) in [5, 5.41) is 3.40. The number of nitrogens with one attached hydrogen (secondary N) is 1. The molecule has 1 heterocycles. The van der Waals surface area contributed by atoms with Crippen molar-refractivity contribution in [1.82, 2.24) is 5.32 Å². The van der Waals surface area contributed by atoms with Gasteiger partial charge in [0.15, 0.2) is 0 Å². The lowest BCUT2D eigenvalue weighted by Gasteiger charge is -2.31. The fraction of sp³-hybridized carbons (Fsp3) is 0.571. The summed E-state index contributed by atoms with van der Waals surface area (Å²) in [6.07, 6.45) is 2.34. The van der Waals surface area contributed by atoms with Gasteiger partial charge in [0.1, 0.15) is 5.75 Å². The first-order valence-electron chi connectivity index (χ1n) is 6.19. The smallest absolute Gasteiger partial charge is 0.124 e. The number of hydrogen-bond acceptors (Lipinski definition) is 2. The van der Waals surface area contributed by atoms with Crippen LogP contribution in [0, 0.1) is 5.92 Å². The Labute approximate surface area is 98.0 Å². The normalized spacial score (nSPS) is 23.7. The molecule has 1 N–H and O–H groups in total. The molecule has 1 aromatic carbocycles. The predicted octanol–water partition coefficient (Wildman–Crippen LogP) is 2.93. The molecule has 1 aliphatic heterocycles. The topological polar surface area (TPSA) is 21.3 Å². The van der Waals surface area contributed by atoms with E-state index in [4.69, 9.17) is 4.74 Å². The van der Waals surface area contributed by atoms with Crippen LogP contribution >= 0.6 is 0 Å². The molecule has 2 heteroatoms. The van der Waals surface area contributed by atoms with E-state index >= 15 is 0 Å². The van der Waals surface area contributed by atoms with Gasteiger partial charge in [0, 0.05) is 17.5 Å². The minimum Gasteiger partial charge on any atom is -0.493 e. The van der Waals surface area contributed by atoms with Gasteiger partial charge in [0.25, 0.3) is 0 Å². The Morgan fingerprint density at radius 2 is 2.25 bits per heavy atom. The fourth-order valence-corrected chi connectivity index (χ4v) is 2.48. The highest BCUT2D eigenvalue weighted by atomic mass is 16.5. The first kappa shape index (κ1) is 11.5. The van der Waals surface area contributed by atoms with Crippen LogP contribution in [-0.2, 0) is 6.42 Å². The van der Waals surface area contributed by atoms with Crippen LogP contribution < -0.4 is 10.1 Å². The average molecular weight is 219 g/mol. The Morgan fingerprint density at radius 3 is 2.94 bits per heavy atom. The molecule has 1 aromatic rings. The van der Waals surface area contributed by atoms with Gasteiger partial charge < -0.3 is 10.1 Å². The Kier molecular flexibility index (Phi) is 3.49. The molecule has 1 aliphatic rings. The molecule has 0 radical (unpaired) electrons. The van der Waals surface area contributed by atoms with Crippen LogP contribution in [0.5, 0.6) is 5.75 Å². The van der Waals surface area contributed by atoms with Crippen molar-refractivity contribution >= 4 is 0 Å². The number of fused-ring (bicyclic) bond motifs is 1. The quantitative estimate of drug-likeness (QED) is 0.844. The standard InChI is InChI=1S/C14H21NO/c1-4-5-11-6-7-13-12(8-11)14(15-3)10(2)9-16-13/h6-8,10,14-15H,4-5,9H2,1-3H3. The van der Waals surface area contributed by atoms with Crippen molar-refractivity contribution in [3.8, 4) is 5.75 Å². The van der Waals surface area contributed by atoms with Crippen molar-refractivity contribution in [3.05, 3.63) is 29.3 Å². The van der Waals surface area contributed by atoms with Gasteiger partial charge in [-0.1, -0.05) is 32.4 Å². The van der Waals surface area contributed by atoms with E-state index in [2.05, 4.69) is 37.4 Å². The first-order chi connectivity index (χ1) is 7.76. The zero-order valence-electron chi connectivity index (χ0n) is 10.4. The molecule has 0 aliphatic carbocycles. The molecule has 2 rings (SSSR count). The largest absolute Gasteiger partial charge is 0.493 e. The molecule has 88 valence electrons. The number of hydrogen-bond donors (Lipinski definition) is 1. The maximum Gasteiger partial charge on any atom is 0.124 e. The van der Waals surface area contributed by atoms with E-state index < -0.39 is 0 Å². The van der Waals surface area contributed by atoms with E-state index in [1.807, 2.05) is 7.05 Å². The highest BCUT2D eigenvalue weighted by molar-refractivity contribution is 5.41. The van der Waals surface area contributed by atoms with Crippen molar-refractivity contribution in [3.63, 3.8) is 0 Å².